The molecular weight excluding hydrogens is 398 g/mol. The summed E-state index contributed by atoms with van der Waals surface area (Å²) in [5.74, 6) is 3.58. The molecule has 1 atom stereocenters. The minimum absolute atomic E-state index is 0.0574. The first kappa shape index (κ1) is 20.5. The summed E-state index contributed by atoms with van der Waals surface area (Å²) < 4.78 is 40.1. The first-order valence-corrected chi connectivity index (χ1v) is 9.82. The van der Waals surface area contributed by atoms with Crippen LogP contribution in [0.2, 0.25) is 0 Å². The van der Waals surface area contributed by atoms with Crippen molar-refractivity contribution in [2.45, 2.75) is 12.1 Å². The summed E-state index contributed by atoms with van der Waals surface area (Å²) in [5.41, 5.74) is 0.0667. The molecule has 3 aliphatic heterocycles. The third kappa shape index (κ3) is 4.21. The molecule has 0 aliphatic carbocycles. The van der Waals surface area contributed by atoms with Gasteiger partial charge in [-0.3, -0.25) is 14.8 Å². The van der Waals surface area contributed by atoms with Crippen LogP contribution in [0.1, 0.15) is 0 Å². The lowest BCUT2D eigenvalue weighted by Crippen LogP contribution is -2.56. The molecule has 30 heavy (non-hydrogen) atoms. The molecule has 0 aromatic heterocycles. The van der Waals surface area contributed by atoms with Crippen molar-refractivity contribution in [3.05, 3.63) is 23.8 Å². The number of piperazine rings is 1. The van der Waals surface area contributed by atoms with E-state index in [0.717, 1.165) is 26.3 Å². The summed E-state index contributed by atoms with van der Waals surface area (Å²) in [6, 6.07) is 2.77. The molecule has 0 bridgehead atoms. The number of carbonyl (C=O) groups is 1. The Kier molecular flexibility index (Phi) is 6.09. The standard InChI is InChI=1S/C19H24F2N6O3/c20-16-7-13(27-10-15(30-19(27)28)9-23-1-2-24-22)8-17(21)18(16)26-5-3-25(4-6-26)14-11-29-12-14/h1-2,7-8,14-15H,3-6,9-12,22H2/b23-1?,24-2-. The van der Waals surface area contributed by atoms with Gasteiger partial charge >= 0.3 is 6.09 Å². The highest BCUT2D eigenvalue weighted by atomic mass is 19.1. The van der Waals surface area contributed by atoms with E-state index in [1.807, 2.05) is 0 Å². The number of benzene rings is 1. The predicted molar refractivity (Wildman–Crippen MR) is 108 cm³/mol. The zero-order chi connectivity index (χ0) is 21.1. The molecule has 11 heteroatoms. The smallest absolute Gasteiger partial charge is 0.414 e. The van der Waals surface area contributed by atoms with Crippen LogP contribution in [0.3, 0.4) is 0 Å². The zero-order valence-corrected chi connectivity index (χ0v) is 16.4. The van der Waals surface area contributed by atoms with Crippen LogP contribution in [0.4, 0.5) is 25.0 Å². The lowest BCUT2D eigenvalue weighted by Gasteiger charge is -2.43. The molecule has 2 N–H and O–H groups in total. The van der Waals surface area contributed by atoms with E-state index in [2.05, 4.69) is 15.0 Å². The van der Waals surface area contributed by atoms with E-state index in [-0.39, 0.29) is 24.5 Å². The summed E-state index contributed by atoms with van der Waals surface area (Å²) in [6.07, 6.45) is 1.51. The van der Waals surface area contributed by atoms with Crippen molar-refractivity contribution in [1.29, 1.82) is 0 Å². The minimum Gasteiger partial charge on any atom is -0.442 e. The third-order valence-electron chi connectivity index (χ3n) is 5.52. The average molecular weight is 422 g/mol. The van der Waals surface area contributed by atoms with Crippen LogP contribution in [0.5, 0.6) is 0 Å². The number of hydrogen-bond donors (Lipinski definition) is 1. The lowest BCUT2D eigenvalue weighted by molar-refractivity contribution is -0.0661. The Morgan fingerprint density at radius 2 is 1.83 bits per heavy atom. The highest BCUT2D eigenvalue weighted by Crippen LogP contribution is 2.32. The Morgan fingerprint density at radius 3 is 2.43 bits per heavy atom. The van der Waals surface area contributed by atoms with Gasteiger partial charge in [-0.2, -0.15) is 5.10 Å². The Bertz CT molecular complexity index is 817. The van der Waals surface area contributed by atoms with Gasteiger partial charge in [-0.05, 0) is 0 Å². The Balaban J connectivity index is 1.42. The highest BCUT2D eigenvalue weighted by molar-refractivity contribution is 6.15. The van der Waals surface area contributed by atoms with Crippen LogP contribution in [0.25, 0.3) is 0 Å². The van der Waals surface area contributed by atoms with E-state index < -0.39 is 23.8 Å². The van der Waals surface area contributed by atoms with Crippen LogP contribution in [0, 0.1) is 11.6 Å². The Labute approximate surface area is 172 Å². The number of anilines is 2. The fourth-order valence-electron chi connectivity index (χ4n) is 3.85. The molecule has 1 aromatic rings. The van der Waals surface area contributed by atoms with Crippen molar-refractivity contribution < 1.29 is 23.0 Å². The lowest BCUT2D eigenvalue weighted by atomic mass is 10.1. The fourth-order valence-corrected chi connectivity index (χ4v) is 3.85. The summed E-state index contributed by atoms with van der Waals surface area (Å²) in [7, 11) is 0. The molecular formula is C19H24F2N6O3. The molecule has 1 amide bonds. The van der Waals surface area contributed by atoms with E-state index in [4.69, 9.17) is 15.3 Å². The van der Waals surface area contributed by atoms with Crippen molar-refractivity contribution in [1.82, 2.24) is 4.90 Å². The molecule has 0 radical (unpaired) electrons. The maximum Gasteiger partial charge on any atom is 0.414 e. The number of aliphatic imine (C=N–C) groups is 1. The van der Waals surface area contributed by atoms with Gasteiger partial charge in [0.25, 0.3) is 0 Å². The van der Waals surface area contributed by atoms with Gasteiger partial charge in [0.1, 0.15) is 11.8 Å². The predicted octanol–water partition coefficient (Wildman–Crippen LogP) is 0.826. The number of rotatable bonds is 6. The number of nitrogens with two attached hydrogens (primary N) is 1. The topological polar surface area (TPSA) is 96.0 Å². The first-order chi connectivity index (χ1) is 14.6. The SMILES string of the molecule is N/N=C\C=NCC1CN(c2cc(F)c(N3CCN(C4COC4)CC3)c(F)c2)C(=O)O1. The van der Waals surface area contributed by atoms with Crippen molar-refractivity contribution in [2.75, 3.05) is 62.3 Å². The molecule has 1 aromatic carbocycles. The second kappa shape index (κ2) is 8.92. The normalized spacial score (nSPS) is 23.5. The number of nitrogens with zero attached hydrogens (tertiary/aromatic N) is 5. The Morgan fingerprint density at radius 1 is 1.13 bits per heavy atom. The van der Waals surface area contributed by atoms with E-state index >= 15 is 0 Å². The second-order valence-electron chi connectivity index (χ2n) is 7.40. The van der Waals surface area contributed by atoms with Crippen molar-refractivity contribution in [2.24, 2.45) is 15.9 Å². The van der Waals surface area contributed by atoms with Gasteiger partial charge in [-0.25, -0.2) is 13.6 Å². The van der Waals surface area contributed by atoms with E-state index in [1.165, 1.54) is 29.5 Å². The number of ether oxygens (including phenoxy) is 2. The first-order valence-electron chi connectivity index (χ1n) is 9.82. The molecule has 0 spiro atoms. The summed E-state index contributed by atoms with van der Waals surface area (Å²) in [4.78, 5) is 21.4. The fraction of sp³-hybridized carbons (Fsp3) is 0.526. The zero-order valence-electron chi connectivity index (χ0n) is 16.4. The quantitative estimate of drug-likeness (QED) is 0.414. The minimum atomic E-state index is -0.696. The second-order valence-corrected chi connectivity index (χ2v) is 7.40. The van der Waals surface area contributed by atoms with E-state index in [1.54, 1.807) is 4.90 Å². The number of cyclic esters (lactones) is 1. The number of hydrazone groups is 1. The van der Waals surface area contributed by atoms with Gasteiger partial charge in [0, 0.05) is 44.5 Å². The molecule has 0 saturated carbocycles. The largest absolute Gasteiger partial charge is 0.442 e. The number of halogens is 2. The number of amides is 1. The number of carbonyl (C=O) groups excluding carboxylic acids is 1. The third-order valence-corrected chi connectivity index (χ3v) is 5.52. The van der Waals surface area contributed by atoms with Crippen LogP contribution in [-0.2, 0) is 9.47 Å². The van der Waals surface area contributed by atoms with Crippen LogP contribution in [0.15, 0.2) is 22.2 Å². The van der Waals surface area contributed by atoms with E-state index in [9.17, 15) is 13.6 Å². The molecule has 9 nitrogen and oxygen atoms in total. The number of hydrogen-bond acceptors (Lipinski definition) is 8. The van der Waals surface area contributed by atoms with Crippen LogP contribution < -0.4 is 15.6 Å². The highest BCUT2D eigenvalue weighted by Gasteiger charge is 2.34. The molecule has 3 heterocycles. The van der Waals surface area contributed by atoms with Crippen LogP contribution in [-0.4, -0.2) is 88.1 Å². The van der Waals surface area contributed by atoms with E-state index in [0.29, 0.717) is 19.1 Å². The molecule has 3 fully saturated rings. The molecule has 4 rings (SSSR count). The summed E-state index contributed by atoms with van der Waals surface area (Å²) in [6.45, 7) is 4.30. The van der Waals surface area contributed by atoms with Gasteiger partial charge in [-0.1, -0.05) is 0 Å². The van der Waals surface area contributed by atoms with Crippen molar-refractivity contribution in [3.63, 3.8) is 0 Å². The van der Waals surface area contributed by atoms with Gasteiger partial charge in [0.05, 0.1) is 44.2 Å². The Hall–Kier alpha value is -2.79. The maximum absolute atomic E-state index is 14.8. The molecule has 1 unspecified atom stereocenters. The monoisotopic (exact) mass is 422 g/mol. The molecule has 3 saturated heterocycles. The van der Waals surface area contributed by atoms with Crippen molar-refractivity contribution in [3.8, 4) is 0 Å². The van der Waals surface area contributed by atoms with Gasteiger partial charge in [-0.15, -0.1) is 0 Å². The molecule has 162 valence electrons. The maximum atomic E-state index is 14.8. The summed E-state index contributed by atoms with van der Waals surface area (Å²) >= 11 is 0. The van der Waals surface area contributed by atoms with Gasteiger partial charge in [0.15, 0.2) is 11.6 Å². The van der Waals surface area contributed by atoms with Crippen LogP contribution >= 0.6 is 0 Å². The molecule has 3 aliphatic rings. The van der Waals surface area contributed by atoms with Gasteiger partial charge in [0.2, 0.25) is 0 Å². The van der Waals surface area contributed by atoms with Gasteiger partial charge < -0.3 is 20.2 Å². The summed E-state index contributed by atoms with van der Waals surface area (Å²) in [5, 5.41) is 3.28. The average Bonchev–Trinajstić information content (AvgIpc) is 3.05. The van der Waals surface area contributed by atoms with Crippen molar-refractivity contribution >= 4 is 29.9 Å².